The molecule has 0 fully saturated rings. The van der Waals surface area contributed by atoms with Crippen LogP contribution in [0, 0.1) is 0 Å². The lowest BCUT2D eigenvalue weighted by molar-refractivity contribution is 0.0604. The fourth-order valence-electron chi connectivity index (χ4n) is 2.34. The lowest BCUT2D eigenvalue weighted by Crippen LogP contribution is -2.35. The zero-order chi connectivity index (χ0) is 17.7. The molecular weight excluding hydrogens is 332 g/mol. The number of carbonyl (C=O) groups is 3. The van der Waals surface area contributed by atoms with Gasteiger partial charge in [0.25, 0.3) is 11.8 Å². The number of carbonyl (C=O) groups excluding carboxylic acids is 3. The number of nitrogens with one attached hydrogen (secondary N) is 1. The van der Waals surface area contributed by atoms with Gasteiger partial charge in [-0.05, 0) is 31.1 Å². The molecular formula is C15H20N2O6Si. The molecule has 0 saturated heterocycles. The molecule has 1 heterocycles. The third-order valence-electron chi connectivity index (χ3n) is 3.52. The van der Waals surface area contributed by atoms with E-state index in [-0.39, 0.29) is 25.7 Å². The summed E-state index contributed by atoms with van der Waals surface area (Å²) in [5.41, 5.74) is 0.708. The highest BCUT2D eigenvalue weighted by molar-refractivity contribution is 6.63. The summed E-state index contributed by atoms with van der Waals surface area (Å²) in [6.07, 6.45) is -0.241. The molecule has 0 spiro atoms. The fourth-order valence-corrected chi connectivity index (χ4v) is 3.18. The predicted molar refractivity (Wildman–Crippen MR) is 86.6 cm³/mol. The van der Waals surface area contributed by atoms with Gasteiger partial charge in [0.1, 0.15) is 6.61 Å². The molecule has 0 bridgehead atoms. The fraction of sp³-hybridized carbons (Fsp3) is 0.400. The molecule has 0 aromatic heterocycles. The lowest BCUT2D eigenvalue weighted by atomic mass is 10.1. The maximum absolute atomic E-state index is 12.1. The Bertz CT molecular complexity index is 608. The average molecular weight is 352 g/mol. The molecule has 9 heteroatoms. The predicted octanol–water partition coefficient (Wildman–Crippen LogP) is 0.455. The summed E-state index contributed by atoms with van der Waals surface area (Å²) in [6, 6.07) is 6.79. The second-order valence-corrected chi connectivity index (χ2v) is 8.62. The number of rotatable bonds is 7. The van der Waals surface area contributed by atoms with Crippen LogP contribution in [0.15, 0.2) is 24.3 Å². The summed E-state index contributed by atoms with van der Waals surface area (Å²) in [5, 5.41) is 2.47. The first-order valence-corrected chi connectivity index (χ1v) is 10.2. The van der Waals surface area contributed by atoms with Gasteiger partial charge in [-0.25, -0.2) is 4.79 Å². The van der Waals surface area contributed by atoms with Crippen molar-refractivity contribution >= 4 is 26.5 Å². The van der Waals surface area contributed by atoms with Crippen LogP contribution in [0.2, 0.25) is 12.6 Å². The Labute approximate surface area is 140 Å². The van der Waals surface area contributed by atoms with Crippen LogP contribution in [0.3, 0.4) is 0 Å². The van der Waals surface area contributed by atoms with Crippen LogP contribution < -0.4 is 5.32 Å². The maximum atomic E-state index is 12.1. The van der Waals surface area contributed by atoms with Crippen molar-refractivity contribution in [1.29, 1.82) is 0 Å². The van der Waals surface area contributed by atoms with Gasteiger partial charge in [0.15, 0.2) is 0 Å². The Hall–Kier alpha value is -2.23. The van der Waals surface area contributed by atoms with E-state index >= 15 is 0 Å². The van der Waals surface area contributed by atoms with E-state index in [2.05, 4.69) is 5.32 Å². The van der Waals surface area contributed by atoms with Gasteiger partial charge >= 0.3 is 14.7 Å². The second kappa shape index (κ2) is 7.56. The highest BCUT2D eigenvalue weighted by Crippen LogP contribution is 2.21. The maximum Gasteiger partial charge on any atom is 0.407 e. The molecule has 2 rings (SSSR count). The first-order chi connectivity index (χ1) is 11.3. The number of benzene rings is 1. The topological polar surface area (TPSA) is 116 Å². The van der Waals surface area contributed by atoms with Crippen LogP contribution >= 0.6 is 0 Å². The van der Waals surface area contributed by atoms with E-state index in [9.17, 15) is 24.0 Å². The molecule has 24 heavy (non-hydrogen) atoms. The van der Waals surface area contributed by atoms with E-state index in [1.807, 2.05) is 0 Å². The Morgan fingerprint density at radius 2 is 1.79 bits per heavy atom. The third kappa shape index (κ3) is 4.63. The highest BCUT2D eigenvalue weighted by Gasteiger charge is 2.34. The van der Waals surface area contributed by atoms with E-state index in [0.717, 1.165) is 4.90 Å². The third-order valence-corrected chi connectivity index (χ3v) is 4.82. The van der Waals surface area contributed by atoms with Crippen molar-refractivity contribution in [3.8, 4) is 0 Å². The van der Waals surface area contributed by atoms with Crippen molar-refractivity contribution in [3.05, 3.63) is 35.4 Å². The van der Waals surface area contributed by atoms with Crippen molar-refractivity contribution in [2.24, 2.45) is 0 Å². The molecule has 1 aliphatic rings. The molecule has 0 saturated carbocycles. The van der Waals surface area contributed by atoms with Gasteiger partial charge in [-0.3, -0.25) is 14.5 Å². The monoisotopic (exact) mass is 352 g/mol. The Kier molecular flexibility index (Phi) is 5.70. The van der Waals surface area contributed by atoms with E-state index in [1.165, 1.54) is 6.55 Å². The van der Waals surface area contributed by atoms with Gasteiger partial charge in [0.2, 0.25) is 0 Å². The van der Waals surface area contributed by atoms with E-state index in [0.29, 0.717) is 17.5 Å². The van der Waals surface area contributed by atoms with Gasteiger partial charge < -0.3 is 19.6 Å². The van der Waals surface area contributed by atoms with Gasteiger partial charge in [-0.15, -0.1) is 0 Å². The standard InChI is InChI=1S/C15H20N2O6Si/c1-24(21,22)10-4-7-16-15(20)23-9-8-17-13(18)11-5-2-3-6-12(11)14(17)19/h2-3,5-6,21-22H,4,7-10H2,1H3,(H,16,20). The summed E-state index contributed by atoms with van der Waals surface area (Å²) in [6.45, 7) is 1.53. The smallest absolute Gasteiger partial charge is 0.407 e. The largest absolute Gasteiger partial charge is 0.448 e. The van der Waals surface area contributed by atoms with E-state index in [4.69, 9.17) is 4.74 Å². The second-order valence-electron chi connectivity index (χ2n) is 5.69. The Morgan fingerprint density at radius 3 is 2.33 bits per heavy atom. The van der Waals surface area contributed by atoms with Crippen LogP contribution in [-0.4, -0.2) is 60.7 Å². The molecule has 130 valence electrons. The first-order valence-electron chi connectivity index (χ1n) is 7.60. The molecule has 1 aliphatic heterocycles. The molecule has 0 radical (unpaired) electrons. The van der Waals surface area contributed by atoms with E-state index in [1.54, 1.807) is 24.3 Å². The number of hydrogen-bond acceptors (Lipinski definition) is 6. The number of imide groups is 1. The van der Waals surface area contributed by atoms with Crippen molar-refractivity contribution in [2.45, 2.75) is 19.0 Å². The van der Waals surface area contributed by atoms with Gasteiger partial charge in [0.05, 0.1) is 17.7 Å². The molecule has 0 atom stereocenters. The van der Waals surface area contributed by atoms with Crippen molar-refractivity contribution < 1.29 is 28.7 Å². The number of hydrogen-bond donors (Lipinski definition) is 3. The number of nitrogens with zero attached hydrogens (tertiary/aromatic N) is 1. The van der Waals surface area contributed by atoms with Crippen LogP contribution in [-0.2, 0) is 4.74 Å². The quantitative estimate of drug-likeness (QED) is 0.373. The van der Waals surface area contributed by atoms with Crippen molar-refractivity contribution in [3.63, 3.8) is 0 Å². The van der Waals surface area contributed by atoms with Crippen LogP contribution in [0.25, 0.3) is 0 Å². The van der Waals surface area contributed by atoms with Crippen LogP contribution in [0.5, 0.6) is 0 Å². The highest BCUT2D eigenvalue weighted by atomic mass is 28.4. The van der Waals surface area contributed by atoms with Crippen LogP contribution in [0.1, 0.15) is 27.1 Å². The molecule has 1 aromatic carbocycles. The number of amides is 3. The molecule has 3 amide bonds. The summed E-state index contributed by atoms with van der Waals surface area (Å²) in [7, 11) is -3.09. The molecule has 1 aromatic rings. The molecule has 8 nitrogen and oxygen atoms in total. The molecule has 0 unspecified atom stereocenters. The molecule has 3 N–H and O–H groups in total. The zero-order valence-corrected chi connectivity index (χ0v) is 14.3. The Balaban J connectivity index is 1.71. The van der Waals surface area contributed by atoms with Crippen LogP contribution in [0.4, 0.5) is 4.79 Å². The number of ether oxygens (including phenoxy) is 1. The minimum absolute atomic E-state index is 0.0158. The van der Waals surface area contributed by atoms with Gasteiger partial charge in [-0.1, -0.05) is 12.1 Å². The van der Waals surface area contributed by atoms with Gasteiger partial charge in [0, 0.05) is 6.54 Å². The van der Waals surface area contributed by atoms with Gasteiger partial charge in [-0.2, -0.15) is 0 Å². The lowest BCUT2D eigenvalue weighted by Gasteiger charge is -2.14. The molecule has 0 aliphatic carbocycles. The number of alkyl carbamates (subject to hydrolysis) is 1. The zero-order valence-electron chi connectivity index (χ0n) is 13.3. The normalized spacial score (nSPS) is 13.9. The Morgan fingerprint density at radius 1 is 1.21 bits per heavy atom. The minimum Gasteiger partial charge on any atom is -0.448 e. The van der Waals surface area contributed by atoms with E-state index < -0.39 is 26.5 Å². The SMILES string of the molecule is C[Si](O)(O)CCCNC(=O)OCCN1C(=O)c2ccccc2C1=O. The van der Waals surface area contributed by atoms with Crippen molar-refractivity contribution in [1.82, 2.24) is 10.2 Å². The first kappa shape index (κ1) is 18.1. The van der Waals surface area contributed by atoms with Crippen molar-refractivity contribution in [2.75, 3.05) is 19.7 Å². The summed E-state index contributed by atoms with van der Waals surface area (Å²) in [4.78, 5) is 55.2. The summed E-state index contributed by atoms with van der Waals surface area (Å²) < 4.78 is 4.92. The minimum atomic E-state index is -3.09. The number of fused-ring (bicyclic) bond motifs is 1. The average Bonchev–Trinajstić information content (AvgIpc) is 2.76. The summed E-state index contributed by atoms with van der Waals surface area (Å²) in [5.74, 6) is -0.788. The summed E-state index contributed by atoms with van der Waals surface area (Å²) >= 11 is 0.